The molecule has 0 saturated heterocycles. The van der Waals surface area contributed by atoms with Crippen molar-refractivity contribution < 1.29 is 25.8 Å². The normalized spacial score (nSPS) is 12.6. The lowest BCUT2D eigenvalue weighted by Gasteiger charge is -2.08. The smallest absolute Gasteiger partial charge is 0.374 e. The van der Waals surface area contributed by atoms with E-state index in [1.807, 2.05) is 0 Å². The van der Waals surface area contributed by atoms with E-state index in [0.717, 1.165) is 6.07 Å². The molecule has 8 heteroatoms. The number of halogens is 4. The Balaban J connectivity index is 2.49. The van der Waals surface area contributed by atoms with Gasteiger partial charge in [0.25, 0.3) is 0 Å². The lowest BCUT2D eigenvalue weighted by molar-refractivity contribution is -0.0499. The van der Waals surface area contributed by atoms with Crippen molar-refractivity contribution in [2.24, 2.45) is 0 Å². The van der Waals surface area contributed by atoms with Crippen molar-refractivity contribution >= 4 is 21.7 Å². The summed E-state index contributed by atoms with van der Waals surface area (Å²) >= 11 is 5.82. The number of rotatable bonds is 2. The van der Waals surface area contributed by atoms with Crippen molar-refractivity contribution in [1.82, 2.24) is 0 Å². The van der Waals surface area contributed by atoms with Gasteiger partial charge in [0.05, 0.1) is 5.02 Å². The van der Waals surface area contributed by atoms with E-state index in [1.165, 1.54) is 0 Å². The minimum atomic E-state index is -5.72. The lowest BCUT2D eigenvalue weighted by atomic mass is 10.2. The maximum absolute atomic E-state index is 12.2. The molecule has 0 radical (unpaired) electrons. The van der Waals surface area contributed by atoms with Crippen LogP contribution in [0.4, 0.5) is 13.2 Å². The molecule has 0 N–H and O–H groups in total. The summed E-state index contributed by atoms with van der Waals surface area (Å²) in [7, 11) is -5.72. The second-order valence-corrected chi connectivity index (χ2v) is 5.50. The third-order valence-electron chi connectivity index (χ3n) is 2.29. The van der Waals surface area contributed by atoms with Gasteiger partial charge in [0, 0.05) is 5.56 Å². The molecular weight excluding hydrogens is 305 g/mol. The Bertz CT molecular complexity index is 682. The van der Waals surface area contributed by atoms with Gasteiger partial charge in [-0.1, -0.05) is 41.9 Å². The summed E-state index contributed by atoms with van der Waals surface area (Å²) in [5.41, 5.74) is -4.62. The fourth-order valence-electron chi connectivity index (χ4n) is 1.45. The van der Waals surface area contributed by atoms with Crippen molar-refractivity contribution in [3.05, 3.63) is 41.4 Å². The van der Waals surface area contributed by atoms with Crippen LogP contribution in [-0.4, -0.2) is 13.9 Å². The summed E-state index contributed by atoms with van der Waals surface area (Å²) in [6.45, 7) is 0. The van der Waals surface area contributed by atoms with E-state index in [4.69, 9.17) is 11.6 Å². The molecule has 3 nitrogen and oxygen atoms in total. The third kappa shape index (κ3) is 2.62. The highest BCUT2D eigenvalue weighted by Gasteiger charge is 2.49. The largest absolute Gasteiger partial charge is 0.534 e. The van der Waals surface area contributed by atoms with E-state index in [0.29, 0.717) is 11.1 Å². The van der Waals surface area contributed by atoms with Crippen LogP contribution in [0.15, 0.2) is 36.4 Å². The summed E-state index contributed by atoms with van der Waals surface area (Å²) in [6, 6.07) is 9.22. The molecular formula is C11H6ClF3O3S. The topological polar surface area (TPSA) is 43.4 Å². The average Bonchev–Trinajstić information content (AvgIpc) is 2.49. The van der Waals surface area contributed by atoms with Gasteiger partial charge in [0.15, 0.2) is 5.75 Å². The Hall–Kier alpha value is -1.47. The molecule has 0 aliphatic heterocycles. The Morgan fingerprint density at radius 3 is 2.37 bits per heavy atom. The predicted molar refractivity (Wildman–Crippen MR) is 63.7 cm³/mol. The molecule has 2 aliphatic carbocycles. The van der Waals surface area contributed by atoms with E-state index in [-0.39, 0.29) is 5.02 Å². The molecule has 0 unspecified atom stereocenters. The molecule has 2 aliphatic rings. The second kappa shape index (κ2) is 4.57. The zero-order valence-electron chi connectivity index (χ0n) is 9.11. The minimum Gasteiger partial charge on any atom is -0.374 e. The van der Waals surface area contributed by atoms with Gasteiger partial charge in [-0.2, -0.15) is 21.6 Å². The van der Waals surface area contributed by atoms with Gasteiger partial charge in [-0.25, -0.2) is 0 Å². The molecule has 0 fully saturated rings. The van der Waals surface area contributed by atoms with Crippen LogP contribution in [0.25, 0.3) is 11.1 Å². The summed E-state index contributed by atoms with van der Waals surface area (Å²) in [5, 5.41) is -0.181. The van der Waals surface area contributed by atoms with Gasteiger partial charge >= 0.3 is 15.6 Å². The molecule has 19 heavy (non-hydrogen) atoms. The van der Waals surface area contributed by atoms with Crippen LogP contribution in [0, 0.1) is 0 Å². The highest BCUT2D eigenvalue weighted by molar-refractivity contribution is 7.88. The van der Waals surface area contributed by atoms with E-state index < -0.39 is 21.4 Å². The monoisotopic (exact) mass is 310 g/mol. The van der Waals surface area contributed by atoms with Crippen LogP contribution >= 0.6 is 11.6 Å². The van der Waals surface area contributed by atoms with Gasteiger partial charge in [0.1, 0.15) is 0 Å². The Kier molecular flexibility index (Phi) is 3.36. The van der Waals surface area contributed by atoms with Crippen LogP contribution < -0.4 is 4.18 Å². The summed E-state index contributed by atoms with van der Waals surface area (Å²) in [4.78, 5) is 0. The molecule has 0 bridgehead atoms. The minimum absolute atomic E-state index is 0.181. The molecule has 0 aromatic carbocycles. The van der Waals surface area contributed by atoms with Crippen molar-refractivity contribution in [3.63, 3.8) is 0 Å². The molecule has 0 aromatic heterocycles. The fourth-order valence-corrected chi connectivity index (χ4v) is 2.22. The highest BCUT2D eigenvalue weighted by atomic mass is 35.5. The van der Waals surface area contributed by atoms with Crippen LogP contribution in [0.3, 0.4) is 0 Å². The fraction of sp³-hybridized carbons (Fsp3) is 0.0909. The maximum Gasteiger partial charge on any atom is 0.534 e. The molecule has 0 atom stereocenters. The summed E-state index contributed by atoms with van der Waals surface area (Å²) in [6.07, 6.45) is 0. The molecule has 0 spiro atoms. The van der Waals surface area contributed by atoms with E-state index in [2.05, 4.69) is 4.18 Å². The van der Waals surface area contributed by atoms with Gasteiger partial charge in [-0.05, 0) is 11.6 Å². The highest BCUT2D eigenvalue weighted by Crippen LogP contribution is 2.42. The Morgan fingerprint density at radius 2 is 1.74 bits per heavy atom. The van der Waals surface area contributed by atoms with E-state index in [1.54, 1.807) is 30.3 Å². The average molecular weight is 311 g/mol. The van der Waals surface area contributed by atoms with E-state index in [9.17, 15) is 21.6 Å². The first-order valence-corrected chi connectivity index (χ1v) is 6.69. The van der Waals surface area contributed by atoms with Crippen molar-refractivity contribution in [2.75, 3.05) is 0 Å². The number of fused-ring (bicyclic) bond motifs is 1. The number of alkyl halides is 3. The molecule has 102 valence electrons. The SMILES string of the molecule is O=S(=O)(Oc1cc2cccccc-2c1Cl)C(F)(F)F. The van der Waals surface area contributed by atoms with Crippen LogP contribution in [0.1, 0.15) is 0 Å². The Labute approximate surface area is 112 Å². The Morgan fingerprint density at radius 1 is 1.11 bits per heavy atom. The maximum atomic E-state index is 12.2. The molecule has 0 heterocycles. The standard InChI is InChI=1S/C11H6ClF3O3S/c12-10-8-5-3-1-2-4-7(8)6-9(10)18-19(16,17)11(13,14)15/h1-6H. The zero-order valence-corrected chi connectivity index (χ0v) is 10.7. The number of hydrogen-bond acceptors (Lipinski definition) is 3. The molecule has 2 rings (SSSR count). The summed E-state index contributed by atoms with van der Waals surface area (Å²) < 4.78 is 62.5. The lowest BCUT2D eigenvalue weighted by Crippen LogP contribution is -2.27. The van der Waals surface area contributed by atoms with Crippen LogP contribution in [0.2, 0.25) is 5.02 Å². The van der Waals surface area contributed by atoms with Gasteiger partial charge in [-0.15, -0.1) is 0 Å². The van der Waals surface area contributed by atoms with E-state index >= 15 is 0 Å². The van der Waals surface area contributed by atoms with Crippen molar-refractivity contribution in [1.29, 1.82) is 0 Å². The van der Waals surface area contributed by atoms with Crippen molar-refractivity contribution in [3.8, 4) is 16.9 Å². The molecule has 0 aromatic rings. The second-order valence-electron chi connectivity index (χ2n) is 3.59. The quantitative estimate of drug-likeness (QED) is 0.628. The molecule has 0 amide bonds. The number of hydrogen-bond donors (Lipinski definition) is 0. The first kappa shape index (κ1) is 14.0. The van der Waals surface area contributed by atoms with Crippen LogP contribution in [-0.2, 0) is 10.1 Å². The third-order valence-corrected chi connectivity index (χ3v) is 3.65. The molecule has 0 saturated carbocycles. The van der Waals surface area contributed by atoms with Gasteiger partial charge in [0.2, 0.25) is 0 Å². The van der Waals surface area contributed by atoms with Gasteiger partial charge < -0.3 is 4.18 Å². The van der Waals surface area contributed by atoms with Crippen molar-refractivity contribution in [2.45, 2.75) is 5.51 Å². The summed E-state index contributed by atoms with van der Waals surface area (Å²) in [5.74, 6) is -0.541. The predicted octanol–water partition coefficient (Wildman–Crippen LogP) is 3.67. The first-order chi connectivity index (χ1) is 8.72. The first-order valence-electron chi connectivity index (χ1n) is 4.90. The van der Waals surface area contributed by atoms with Gasteiger partial charge in [-0.3, -0.25) is 0 Å². The van der Waals surface area contributed by atoms with Crippen LogP contribution in [0.5, 0.6) is 5.75 Å². The zero-order chi connectivity index (χ0) is 14.3.